The fourth-order valence-corrected chi connectivity index (χ4v) is 1.75. The molecule has 4 heteroatoms. The highest BCUT2D eigenvalue weighted by Gasteiger charge is 2.14. The zero-order valence-corrected chi connectivity index (χ0v) is 10.2. The fourth-order valence-electron chi connectivity index (χ4n) is 1.75. The second-order valence-electron chi connectivity index (χ2n) is 4.14. The van der Waals surface area contributed by atoms with E-state index in [4.69, 9.17) is 10.4 Å². The zero-order chi connectivity index (χ0) is 12.8. The number of halogens is 1. The van der Waals surface area contributed by atoms with Crippen LogP contribution in [0.25, 0.3) is 0 Å². The van der Waals surface area contributed by atoms with E-state index >= 15 is 0 Å². The van der Waals surface area contributed by atoms with Gasteiger partial charge in [0.05, 0.1) is 11.3 Å². The van der Waals surface area contributed by atoms with Gasteiger partial charge in [-0.05, 0) is 38.5 Å². The molecule has 1 aromatic rings. The molecular weight excluding hydrogens is 219 g/mol. The average Bonchev–Trinajstić information content (AvgIpc) is 2.30. The highest BCUT2D eigenvalue weighted by Crippen LogP contribution is 2.23. The second-order valence-corrected chi connectivity index (χ2v) is 4.14. The number of nitrogens with zero attached hydrogens (tertiary/aromatic N) is 2. The van der Waals surface area contributed by atoms with Gasteiger partial charge < -0.3 is 10.0 Å². The quantitative estimate of drug-likeness (QED) is 0.853. The Morgan fingerprint density at radius 3 is 2.71 bits per heavy atom. The van der Waals surface area contributed by atoms with E-state index in [1.54, 1.807) is 6.07 Å². The van der Waals surface area contributed by atoms with Crippen molar-refractivity contribution in [3.63, 3.8) is 0 Å². The summed E-state index contributed by atoms with van der Waals surface area (Å²) in [5.74, 6) is -0.406. The molecule has 0 atom stereocenters. The number of benzene rings is 1. The van der Waals surface area contributed by atoms with Gasteiger partial charge in [0.1, 0.15) is 11.9 Å². The van der Waals surface area contributed by atoms with Gasteiger partial charge in [-0.15, -0.1) is 0 Å². The van der Waals surface area contributed by atoms with Crippen LogP contribution in [0.1, 0.15) is 25.8 Å². The summed E-state index contributed by atoms with van der Waals surface area (Å²) >= 11 is 0. The first-order chi connectivity index (χ1) is 8.10. The van der Waals surface area contributed by atoms with Crippen LogP contribution in [0, 0.1) is 17.1 Å². The van der Waals surface area contributed by atoms with Gasteiger partial charge in [-0.1, -0.05) is 0 Å². The molecule has 0 aliphatic carbocycles. The lowest BCUT2D eigenvalue weighted by atomic mass is 10.1. The van der Waals surface area contributed by atoms with Gasteiger partial charge in [-0.3, -0.25) is 0 Å². The van der Waals surface area contributed by atoms with Crippen LogP contribution in [-0.2, 0) is 0 Å². The minimum atomic E-state index is -0.406. The summed E-state index contributed by atoms with van der Waals surface area (Å²) in [5, 5.41) is 17.9. The van der Waals surface area contributed by atoms with Gasteiger partial charge in [-0.25, -0.2) is 4.39 Å². The molecule has 1 aromatic carbocycles. The molecule has 0 amide bonds. The van der Waals surface area contributed by atoms with Crippen LogP contribution in [0.2, 0.25) is 0 Å². The lowest BCUT2D eigenvalue weighted by molar-refractivity contribution is 0.288. The van der Waals surface area contributed by atoms with Gasteiger partial charge in [0.25, 0.3) is 0 Å². The van der Waals surface area contributed by atoms with E-state index < -0.39 is 5.82 Å². The molecule has 17 heavy (non-hydrogen) atoms. The van der Waals surface area contributed by atoms with E-state index in [0.29, 0.717) is 18.5 Å². The lowest BCUT2D eigenvalue weighted by Gasteiger charge is -2.29. The fraction of sp³-hybridized carbons (Fsp3) is 0.462. The summed E-state index contributed by atoms with van der Waals surface area (Å²) < 4.78 is 13.0. The van der Waals surface area contributed by atoms with Crippen molar-refractivity contribution in [1.29, 1.82) is 5.26 Å². The third kappa shape index (κ3) is 3.43. The predicted octanol–water partition coefficient (Wildman–Crippen LogP) is 2.29. The molecule has 0 fully saturated rings. The number of anilines is 1. The molecule has 0 heterocycles. The normalized spacial score (nSPS) is 10.4. The van der Waals surface area contributed by atoms with Gasteiger partial charge in [-0.2, -0.15) is 5.26 Å². The Morgan fingerprint density at radius 1 is 1.47 bits per heavy atom. The van der Waals surface area contributed by atoms with E-state index in [2.05, 4.69) is 0 Å². The topological polar surface area (TPSA) is 47.3 Å². The van der Waals surface area contributed by atoms with Crippen molar-refractivity contribution in [2.75, 3.05) is 18.1 Å². The maximum atomic E-state index is 13.0. The molecule has 0 saturated carbocycles. The largest absolute Gasteiger partial charge is 0.396 e. The third-order valence-corrected chi connectivity index (χ3v) is 2.57. The summed E-state index contributed by atoms with van der Waals surface area (Å²) in [5.41, 5.74) is 1.05. The van der Waals surface area contributed by atoms with Crippen LogP contribution in [-0.4, -0.2) is 24.3 Å². The predicted molar refractivity (Wildman–Crippen MR) is 65.3 cm³/mol. The minimum Gasteiger partial charge on any atom is -0.396 e. The summed E-state index contributed by atoms with van der Waals surface area (Å²) in [6.07, 6.45) is 0.625. The molecule has 0 aliphatic rings. The van der Waals surface area contributed by atoms with Gasteiger partial charge in [0.15, 0.2) is 0 Å². The highest BCUT2D eigenvalue weighted by atomic mass is 19.1. The van der Waals surface area contributed by atoms with E-state index in [1.807, 2.05) is 24.8 Å². The summed E-state index contributed by atoms with van der Waals surface area (Å²) in [6.45, 7) is 4.75. The maximum absolute atomic E-state index is 13.0. The maximum Gasteiger partial charge on any atom is 0.124 e. The van der Waals surface area contributed by atoms with E-state index in [9.17, 15) is 4.39 Å². The van der Waals surface area contributed by atoms with Crippen molar-refractivity contribution in [2.24, 2.45) is 0 Å². The van der Waals surface area contributed by atoms with E-state index in [1.165, 1.54) is 12.1 Å². The summed E-state index contributed by atoms with van der Waals surface area (Å²) in [7, 11) is 0. The average molecular weight is 236 g/mol. The van der Waals surface area contributed by atoms with Crippen LogP contribution in [0.5, 0.6) is 0 Å². The lowest BCUT2D eigenvalue weighted by Crippen LogP contribution is -2.32. The monoisotopic (exact) mass is 236 g/mol. The minimum absolute atomic E-state index is 0.103. The second kappa shape index (κ2) is 6.21. The molecule has 0 bridgehead atoms. The molecule has 3 nitrogen and oxygen atoms in total. The molecule has 0 radical (unpaired) electrons. The van der Waals surface area contributed by atoms with Crippen molar-refractivity contribution in [1.82, 2.24) is 0 Å². The standard InChI is InChI=1S/C13H17FN2O/c1-10(2)16(6-3-7-17)13-5-4-12(14)8-11(13)9-15/h4-5,8,10,17H,3,6-7H2,1-2H3. The first-order valence-corrected chi connectivity index (χ1v) is 5.67. The van der Waals surface area contributed by atoms with Crippen LogP contribution >= 0.6 is 0 Å². The van der Waals surface area contributed by atoms with Crippen molar-refractivity contribution >= 4 is 5.69 Å². The Balaban J connectivity index is 3.05. The molecular formula is C13H17FN2O. The molecule has 0 saturated heterocycles. The Morgan fingerprint density at radius 2 is 2.18 bits per heavy atom. The Hall–Kier alpha value is -1.60. The van der Waals surface area contributed by atoms with Crippen LogP contribution < -0.4 is 4.90 Å². The van der Waals surface area contributed by atoms with Crippen molar-refractivity contribution in [3.05, 3.63) is 29.6 Å². The van der Waals surface area contributed by atoms with E-state index in [0.717, 1.165) is 5.69 Å². The number of aliphatic hydroxyl groups is 1. The Bertz CT molecular complexity index is 412. The SMILES string of the molecule is CC(C)N(CCCO)c1ccc(F)cc1C#N. The van der Waals surface area contributed by atoms with Crippen molar-refractivity contribution in [2.45, 2.75) is 26.3 Å². The van der Waals surface area contributed by atoms with Crippen LogP contribution in [0.3, 0.4) is 0 Å². The molecule has 0 spiro atoms. The third-order valence-electron chi connectivity index (χ3n) is 2.57. The molecule has 0 aromatic heterocycles. The molecule has 92 valence electrons. The Kier molecular flexibility index (Phi) is 4.92. The number of aliphatic hydroxyl groups excluding tert-OH is 1. The highest BCUT2D eigenvalue weighted by molar-refractivity contribution is 5.59. The number of hydrogen-bond acceptors (Lipinski definition) is 3. The Labute approximate surface area is 101 Å². The molecule has 0 unspecified atom stereocenters. The molecule has 0 aliphatic heterocycles. The van der Waals surface area contributed by atoms with Gasteiger partial charge in [0.2, 0.25) is 0 Å². The first-order valence-electron chi connectivity index (χ1n) is 5.67. The zero-order valence-electron chi connectivity index (χ0n) is 10.2. The number of hydrogen-bond donors (Lipinski definition) is 1. The smallest absolute Gasteiger partial charge is 0.124 e. The van der Waals surface area contributed by atoms with Crippen molar-refractivity contribution in [3.8, 4) is 6.07 Å². The first kappa shape index (κ1) is 13.5. The summed E-state index contributed by atoms with van der Waals surface area (Å²) in [6, 6.07) is 6.41. The number of rotatable bonds is 5. The van der Waals surface area contributed by atoms with Crippen LogP contribution in [0.15, 0.2) is 18.2 Å². The molecule has 1 rings (SSSR count). The van der Waals surface area contributed by atoms with Gasteiger partial charge in [0, 0.05) is 19.2 Å². The van der Waals surface area contributed by atoms with Gasteiger partial charge >= 0.3 is 0 Å². The van der Waals surface area contributed by atoms with Crippen LogP contribution in [0.4, 0.5) is 10.1 Å². The van der Waals surface area contributed by atoms with E-state index in [-0.39, 0.29) is 12.6 Å². The number of nitriles is 1. The van der Waals surface area contributed by atoms with Crippen molar-refractivity contribution < 1.29 is 9.50 Å². The molecule has 1 N–H and O–H groups in total. The summed E-state index contributed by atoms with van der Waals surface area (Å²) in [4.78, 5) is 1.99.